The van der Waals surface area contributed by atoms with E-state index in [9.17, 15) is 13.2 Å². The van der Waals surface area contributed by atoms with Crippen LogP contribution in [0.2, 0.25) is 0 Å². The summed E-state index contributed by atoms with van der Waals surface area (Å²) in [7, 11) is -1.18. The van der Waals surface area contributed by atoms with E-state index >= 15 is 0 Å². The van der Waals surface area contributed by atoms with Crippen LogP contribution in [0.15, 0.2) is 0 Å². The number of sulfone groups is 1. The van der Waals surface area contributed by atoms with Gasteiger partial charge in [0.05, 0.1) is 5.75 Å². The molecule has 1 unspecified atom stereocenters. The molecule has 6 nitrogen and oxygen atoms in total. The third-order valence-corrected chi connectivity index (χ3v) is 3.91. The maximum atomic E-state index is 12.0. The van der Waals surface area contributed by atoms with Crippen molar-refractivity contribution in [2.75, 3.05) is 38.7 Å². The number of hydrogen-bond acceptors (Lipinski definition) is 5. The Morgan fingerprint density at radius 1 is 1.32 bits per heavy atom. The summed E-state index contributed by atoms with van der Waals surface area (Å²) >= 11 is 0. The van der Waals surface area contributed by atoms with Crippen molar-refractivity contribution in [3.05, 3.63) is 0 Å². The normalized spacial score (nSPS) is 22.4. The van der Waals surface area contributed by atoms with Gasteiger partial charge in [-0.2, -0.15) is 0 Å². The van der Waals surface area contributed by atoms with Gasteiger partial charge in [0, 0.05) is 31.9 Å². The van der Waals surface area contributed by atoms with Crippen LogP contribution in [-0.4, -0.2) is 74.6 Å². The number of carbonyl (C=O) groups is 1. The molecule has 1 atom stereocenters. The lowest BCUT2D eigenvalue weighted by Gasteiger charge is -2.39. The van der Waals surface area contributed by atoms with Crippen LogP contribution in [-0.2, 0) is 14.6 Å². The number of amides is 1. The highest BCUT2D eigenvalue weighted by atomic mass is 32.2. The Balaban J connectivity index is 2.66. The van der Waals surface area contributed by atoms with Crippen molar-refractivity contribution in [1.29, 1.82) is 0 Å². The molecule has 0 aliphatic carbocycles. The second-order valence-corrected chi connectivity index (χ2v) is 8.34. The number of ether oxygens (including phenoxy) is 1. The molecular formula is C12H24N2O4S. The number of carbonyl (C=O) groups excluding carboxylic acids is 1. The molecule has 0 N–H and O–H groups in total. The van der Waals surface area contributed by atoms with Crippen molar-refractivity contribution in [1.82, 2.24) is 9.80 Å². The van der Waals surface area contributed by atoms with Crippen LogP contribution in [0.3, 0.4) is 0 Å². The zero-order chi connectivity index (χ0) is 14.8. The van der Waals surface area contributed by atoms with E-state index in [1.165, 1.54) is 6.26 Å². The molecule has 1 aliphatic heterocycles. The summed E-state index contributed by atoms with van der Waals surface area (Å²) in [5.74, 6) is 0.0583. The van der Waals surface area contributed by atoms with Gasteiger partial charge in [-0.25, -0.2) is 13.2 Å². The first-order valence-corrected chi connectivity index (χ1v) is 8.40. The van der Waals surface area contributed by atoms with E-state index in [0.29, 0.717) is 19.6 Å². The van der Waals surface area contributed by atoms with Gasteiger partial charge in [-0.3, -0.25) is 4.90 Å². The van der Waals surface area contributed by atoms with E-state index in [4.69, 9.17) is 4.74 Å². The lowest BCUT2D eigenvalue weighted by Crippen LogP contribution is -2.56. The number of piperazine rings is 1. The molecule has 0 bridgehead atoms. The minimum Gasteiger partial charge on any atom is -0.444 e. The Kier molecular flexibility index (Phi) is 4.84. The second-order valence-electron chi connectivity index (χ2n) is 6.15. The van der Waals surface area contributed by atoms with Gasteiger partial charge in [-0.05, 0) is 27.8 Å². The maximum absolute atomic E-state index is 12.0. The number of likely N-dealkylation sites (N-methyl/N-ethyl adjacent to an activating group) is 1. The summed E-state index contributed by atoms with van der Waals surface area (Å²) in [5.41, 5.74) is -0.535. The van der Waals surface area contributed by atoms with Gasteiger partial charge in [-0.1, -0.05) is 0 Å². The third-order valence-electron chi connectivity index (χ3n) is 2.92. The average molecular weight is 292 g/mol. The molecule has 0 aromatic carbocycles. The van der Waals surface area contributed by atoms with Crippen LogP contribution >= 0.6 is 0 Å². The molecule has 19 heavy (non-hydrogen) atoms. The van der Waals surface area contributed by atoms with Gasteiger partial charge < -0.3 is 9.64 Å². The predicted octanol–water partition coefficient (Wildman–Crippen LogP) is 0.582. The largest absolute Gasteiger partial charge is 0.444 e. The zero-order valence-corrected chi connectivity index (χ0v) is 13.2. The monoisotopic (exact) mass is 292 g/mol. The topological polar surface area (TPSA) is 66.9 Å². The van der Waals surface area contributed by atoms with Crippen molar-refractivity contribution in [2.24, 2.45) is 0 Å². The third kappa shape index (κ3) is 5.78. The smallest absolute Gasteiger partial charge is 0.410 e. The molecule has 0 aromatic heterocycles. The SMILES string of the molecule is CN1CCN(C(=O)OC(C)(C)C)CC1CS(C)(=O)=O. The fourth-order valence-corrected chi connectivity index (χ4v) is 3.03. The van der Waals surface area contributed by atoms with E-state index < -0.39 is 15.4 Å². The molecule has 0 radical (unpaired) electrons. The number of rotatable bonds is 2. The molecule has 1 amide bonds. The lowest BCUT2D eigenvalue weighted by atomic mass is 10.2. The molecule has 1 saturated heterocycles. The van der Waals surface area contributed by atoms with E-state index in [0.717, 1.165) is 0 Å². The van der Waals surface area contributed by atoms with E-state index in [1.807, 2.05) is 32.7 Å². The minimum absolute atomic E-state index is 0.0583. The maximum Gasteiger partial charge on any atom is 0.410 e. The Morgan fingerprint density at radius 2 is 1.89 bits per heavy atom. The Hall–Kier alpha value is -0.820. The van der Waals surface area contributed by atoms with Crippen molar-refractivity contribution in [3.63, 3.8) is 0 Å². The summed E-state index contributed by atoms with van der Waals surface area (Å²) < 4.78 is 28.1. The standard InChI is InChI=1S/C12H24N2O4S/c1-12(2,3)18-11(15)14-7-6-13(4)10(8-14)9-19(5,16)17/h10H,6-9H2,1-5H3. The first-order valence-electron chi connectivity index (χ1n) is 6.34. The van der Waals surface area contributed by atoms with Crippen LogP contribution < -0.4 is 0 Å². The van der Waals surface area contributed by atoms with Crippen molar-refractivity contribution >= 4 is 15.9 Å². The first-order chi connectivity index (χ1) is 8.48. The molecule has 1 aliphatic rings. The van der Waals surface area contributed by atoms with Crippen LogP contribution in [0.1, 0.15) is 20.8 Å². The van der Waals surface area contributed by atoms with Crippen molar-refractivity contribution in [3.8, 4) is 0 Å². The second kappa shape index (κ2) is 5.66. The quantitative estimate of drug-likeness (QED) is 0.745. The van der Waals surface area contributed by atoms with Crippen LogP contribution in [0.5, 0.6) is 0 Å². The highest BCUT2D eigenvalue weighted by Gasteiger charge is 2.31. The minimum atomic E-state index is -3.06. The molecule has 0 saturated carbocycles. The summed E-state index contributed by atoms with van der Waals surface area (Å²) in [6.45, 7) is 7.04. The Bertz CT molecular complexity index is 428. The van der Waals surface area contributed by atoms with Crippen LogP contribution in [0, 0.1) is 0 Å². The van der Waals surface area contributed by atoms with Gasteiger partial charge in [0.25, 0.3) is 0 Å². The van der Waals surface area contributed by atoms with Crippen LogP contribution in [0.4, 0.5) is 4.79 Å². The fourth-order valence-electron chi connectivity index (χ4n) is 1.97. The Morgan fingerprint density at radius 3 is 2.37 bits per heavy atom. The lowest BCUT2D eigenvalue weighted by molar-refractivity contribution is 0.00956. The number of hydrogen-bond donors (Lipinski definition) is 0. The molecule has 0 aromatic rings. The van der Waals surface area contributed by atoms with Gasteiger partial charge >= 0.3 is 6.09 Å². The van der Waals surface area contributed by atoms with E-state index in [1.54, 1.807) is 4.90 Å². The molecule has 1 fully saturated rings. The summed E-state index contributed by atoms with van der Waals surface area (Å²) in [5, 5.41) is 0. The molecule has 7 heteroatoms. The molecular weight excluding hydrogens is 268 g/mol. The molecule has 0 spiro atoms. The van der Waals surface area contributed by atoms with E-state index in [-0.39, 0.29) is 17.9 Å². The van der Waals surface area contributed by atoms with Crippen LogP contribution in [0.25, 0.3) is 0 Å². The number of nitrogens with zero attached hydrogens (tertiary/aromatic N) is 2. The van der Waals surface area contributed by atoms with Crippen molar-refractivity contribution in [2.45, 2.75) is 32.4 Å². The highest BCUT2D eigenvalue weighted by Crippen LogP contribution is 2.14. The molecule has 1 rings (SSSR count). The zero-order valence-electron chi connectivity index (χ0n) is 12.3. The predicted molar refractivity (Wildman–Crippen MR) is 73.9 cm³/mol. The van der Waals surface area contributed by atoms with Gasteiger partial charge in [0.2, 0.25) is 0 Å². The van der Waals surface area contributed by atoms with Gasteiger partial charge in [-0.15, -0.1) is 0 Å². The van der Waals surface area contributed by atoms with Gasteiger partial charge in [0.1, 0.15) is 15.4 Å². The molecule has 112 valence electrons. The van der Waals surface area contributed by atoms with Crippen molar-refractivity contribution < 1.29 is 17.9 Å². The Labute approximate surface area is 115 Å². The highest BCUT2D eigenvalue weighted by molar-refractivity contribution is 7.90. The summed E-state index contributed by atoms with van der Waals surface area (Å²) in [4.78, 5) is 15.5. The first kappa shape index (κ1) is 16.2. The fraction of sp³-hybridized carbons (Fsp3) is 0.917. The average Bonchev–Trinajstić information content (AvgIpc) is 2.16. The summed E-state index contributed by atoms with van der Waals surface area (Å²) in [6.07, 6.45) is 0.840. The van der Waals surface area contributed by atoms with E-state index in [2.05, 4.69) is 0 Å². The van der Waals surface area contributed by atoms with Gasteiger partial charge in [0.15, 0.2) is 0 Å². The molecule has 1 heterocycles. The summed E-state index contributed by atoms with van der Waals surface area (Å²) in [6, 6.07) is -0.170.